The molecule has 7 heteroatoms. The molecule has 1 aromatic heterocycles. The summed E-state index contributed by atoms with van der Waals surface area (Å²) in [6.45, 7) is 0.0185. The maximum absolute atomic E-state index is 12.5. The van der Waals surface area contributed by atoms with Crippen LogP contribution in [0.1, 0.15) is 27.1 Å². The molecule has 0 atom stereocenters. The minimum atomic E-state index is -0.368. The zero-order valence-corrected chi connectivity index (χ0v) is 15.5. The molecule has 3 amide bonds. The highest BCUT2D eigenvalue weighted by Crippen LogP contribution is 2.26. The normalized spacial score (nSPS) is 13.0. The molecule has 0 aliphatic carbocycles. The van der Waals surface area contributed by atoms with Crippen molar-refractivity contribution in [1.29, 1.82) is 0 Å². The van der Waals surface area contributed by atoms with E-state index in [1.807, 2.05) is 29.1 Å². The molecule has 1 aliphatic rings. The molecule has 0 spiro atoms. The molecule has 2 aromatic carbocycles. The zero-order valence-electron chi connectivity index (χ0n) is 14.8. The minimum Gasteiger partial charge on any atom is -0.324 e. The number of benzene rings is 2. The summed E-state index contributed by atoms with van der Waals surface area (Å²) in [5.41, 5.74) is 2.07. The summed E-state index contributed by atoms with van der Waals surface area (Å²) in [5.74, 6) is -1.03. The smallest absolute Gasteiger partial charge is 0.261 e. The van der Waals surface area contributed by atoms with E-state index in [4.69, 9.17) is 11.6 Å². The molecule has 0 bridgehead atoms. The van der Waals surface area contributed by atoms with Crippen LogP contribution >= 0.6 is 11.6 Å². The summed E-state index contributed by atoms with van der Waals surface area (Å²) in [5, 5.41) is 3.38. The summed E-state index contributed by atoms with van der Waals surface area (Å²) in [4.78, 5) is 38.3. The second kappa shape index (κ2) is 7.32. The summed E-state index contributed by atoms with van der Waals surface area (Å²) in [6.07, 6.45) is 3.69. The van der Waals surface area contributed by atoms with E-state index in [2.05, 4.69) is 5.32 Å². The van der Waals surface area contributed by atoms with Gasteiger partial charge in [-0.2, -0.15) is 0 Å². The average molecular weight is 394 g/mol. The van der Waals surface area contributed by atoms with Gasteiger partial charge in [0, 0.05) is 30.4 Å². The van der Waals surface area contributed by atoms with Gasteiger partial charge in [-0.1, -0.05) is 23.7 Å². The van der Waals surface area contributed by atoms with E-state index in [-0.39, 0.29) is 30.7 Å². The van der Waals surface area contributed by atoms with Crippen LogP contribution in [0.25, 0.3) is 5.69 Å². The SMILES string of the molecule is O=C(CCN1C(=O)c2ccccc2C1=O)Nc1ccc(Cl)cc1-n1cccc1. The first kappa shape index (κ1) is 18.0. The Morgan fingerprint density at radius 3 is 2.21 bits per heavy atom. The molecular weight excluding hydrogens is 378 g/mol. The van der Waals surface area contributed by atoms with Crippen LogP contribution in [0.5, 0.6) is 0 Å². The van der Waals surface area contributed by atoms with Gasteiger partial charge in [-0.05, 0) is 42.5 Å². The number of anilines is 1. The van der Waals surface area contributed by atoms with Crippen molar-refractivity contribution in [1.82, 2.24) is 9.47 Å². The Kier molecular flexibility index (Phi) is 4.71. The Balaban J connectivity index is 1.45. The standard InChI is InChI=1S/C21H16ClN3O3/c22-14-7-8-17(18(13-14)24-10-3-4-11-24)23-19(26)9-12-25-20(27)15-5-1-2-6-16(15)21(25)28/h1-8,10-11,13H,9,12H2,(H,23,26). The van der Waals surface area contributed by atoms with E-state index in [1.54, 1.807) is 42.5 Å². The molecule has 1 N–H and O–H groups in total. The highest BCUT2D eigenvalue weighted by atomic mass is 35.5. The van der Waals surface area contributed by atoms with Crippen molar-refractivity contribution >= 4 is 35.0 Å². The number of nitrogens with zero attached hydrogens (tertiary/aromatic N) is 2. The summed E-state index contributed by atoms with van der Waals surface area (Å²) >= 11 is 6.09. The van der Waals surface area contributed by atoms with Gasteiger partial charge < -0.3 is 9.88 Å². The molecular formula is C21H16ClN3O3. The average Bonchev–Trinajstić information content (AvgIpc) is 3.30. The van der Waals surface area contributed by atoms with Crippen LogP contribution in [-0.4, -0.2) is 33.7 Å². The van der Waals surface area contributed by atoms with Gasteiger partial charge in [0.15, 0.2) is 0 Å². The predicted molar refractivity (Wildman–Crippen MR) is 106 cm³/mol. The van der Waals surface area contributed by atoms with Gasteiger partial charge in [0.05, 0.1) is 22.5 Å². The maximum Gasteiger partial charge on any atom is 0.261 e. The lowest BCUT2D eigenvalue weighted by Crippen LogP contribution is -2.33. The van der Waals surface area contributed by atoms with Crippen LogP contribution in [0.4, 0.5) is 5.69 Å². The number of fused-ring (bicyclic) bond motifs is 1. The van der Waals surface area contributed by atoms with Gasteiger partial charge in [0.25, 0.3) is 11.8 Å². The second-order valence-corrected chi connectivity index (χ2v) is 6.79. The fourth-order valence-electron chi connectivity index (χ4n) is 3.19. The third-order valence-corrected chi connectivity index (χ3v) is 4.79. The number of carbonyl (C=O) groups is 3. The molecule has 28 heavy (non-hydrogen) atoms. The number of rotatable bonds is 5. The van der Waals surface area contributed by atoms with E-state index in [9.17, 15) is 14.4 Å². The molecule has 0 unspecified atom stereocenters. The van der Waals surface area contributed by atoms with Gasteiger partial charge in [-0.15, -0.1) is 0 Å². The number of imide groups is 1. The predicted octanol–water partition coefficient (Wildman–Crippen LogP) is 3.76. The molecule has 4 rings (SSSR count). The van der Waals surface area contributed by atoms with Gasteiger partial charge >= 0.3 is 0 Å². The fourth-order valence-corrected chi connectivity index (χ4v) is 3.35. The van der Waals surface area contributed by atoms with Crippen molar-refractivity contribution in [3.05, 3.63) is 83.1 Å². The maximum atomic E-state index is 12.5. The number of hydrogen-bond donors (Lipinski definition) is 1. The van der Waals surface area contributed by atoms with Crippen molar-refractivity contribution in [2.24, 2.45) is 0 Å². The van der Waals surface area contributed by atoms with E-state index in [0.717, 1.165) is 10.6 Å². The number of halogens is 1. The lowest BCUT2D eigenvalue weighted by molar-refractivity contribution is -0.116. The first-order valence-electron chi connectivity index (χ1n) is 8.72. The highest BCUT2D eigenvalue weighted by molar-refractivity contribution is 6.31. The molecule has 6 nitrogen and oxygen atoms in total. The topological polar surface area (TPSA) is 71.4 Å². The molecule has 0 saturated carbocycles. The number of carbonyl (C=O) groups excluding carboxylic acids is 3. The Morgan fingerprint density at radius 2 is 1.57 bits per heavy atom. The van der Waals surface area contributed by atoms with Crippen molar-refractivity contribution in [3.63, 3.8) is 0 Å². The molecule has 0 saturated heterocycles. The van der Waals surface area contributed by atoms with E-state index >= 15 is 0 Å². The van der Waals surface area contributed by atoms with Crippen molar-refractivity contribution in [2.45, 2.75) is 6.42 Å². The van der Waals surface area contributed by atoms with Gasteiger partial charge in [-0.25, -0.2) is 0 Å². The molecule has 0 fully saturated rings. The Labute approximate surface area is 166 Å². The summed E-state index contributed by atoms with van der Waals surface area (Å²) in [7, 11) is 0. The Hall–Kier alpha value is -3.38. The Bertz CT molecular complexity index is 1040. The largest absolute Gasteiger partial charge is 0.324 e. The van der Waals surface area contributed by atoms with Crippen molar-refractivity contribution in [3.8, 4) is 5.69 Å². The first-order chi connectivity index (χ1) is 13.5. The van der Waals surface area contributed by atoms with Crippen molar-refractivity contribution in [2.75, 3.05) is 11.9 Å². The third kappa shape index (κ3) is 3.30. The van der Waals surface area contributed by atoms with Gasteiger partial charge in [0.2, 0.25) is 5.91 Å². The zero-order chi connectivity index (χ0) is 19.7. The van der Waals surface area contributed by atoms with Crippen LogP contribution in [0.2, 0.25) is 5.02 Å². The van der Waals surface area contributed by atoms with E-state index < -0.39 is 0 Å². The van der Waals surface area contributed by atoms with Crippen LogP contribution in [0.15, 0.2) is 67.0 Å². The van der Waals surface area contributed by atoms with E-state index in [0.29, 0.717) is 21.8 Å². The summed E-state index contributed by atoms with van der Waals surface area (Å²) < 4.78 is 1.84. The molecule has 140 valence electrons. The van der Waals surface area contributed by atoms with Gasteiger partial charge in [0.1, 0.15) is 0 Å². The Morgan fingerprint density at radius 1 is 0.929 bits per heavy atom. The highest BCUT2D eigenvalue weighted by Gasteiger charge is 2.34. The molecule has 2 heterocycles. The van der Waals surface area contributed by atoms with Crippen LogP contribution in [0, 0.1) is 0 Å². The van der Waals surface area contributed by atoms with E-state index in [1.165, 1.54) is 0 Å². The number of amides is 3. The lowest BCUT2D eigenvalue weighted by atomic mass is 10.1. The lowest BCUT2D eigenvalue weighted by Gasteiger charge is -2.15. The van der Waals surface area contributed by atoms with Gasteiger partial charge in [-0.3, -0.25) is 19.3 Å². The number of aromatic nitrogens is 1. The minimum absolute atomic E-state index is 0.000780. The quantitative estimate of drug-likeness (QED) is 0.671. The molecule has 0 radical (unpaired) electrons. The fraction of sp³-hybridized carbons (Fsp3) is 0.0952. The van der Waals surface area contributed by atoms with Crippen LogP contribution in [-0.2, 0) is 4.79 Å². The van der Waals surface area contributed by atoms with Crippen LogP contribution in [0.3, 0.4) is 0 Å². The molecule has 1 aliphatic heterocycles. The van der Waals surface area contributed by atoms with Crippen LogP contribution < -0.4 is 5.32 Å². The molecule has 3 aromatic rings. The second-order valence-electron chi connectivity index (χ2n) is 6.36. The number of hydrogen-bond acceptors (Lipinski definition) is 3. The third-order valence-electron chi connectivity index (χ3n) is 4.56. The number of nitrogens with one attached hydrogen (secondary N) is 1. The first-order valence-corrected chi connectivity index (χ1v) is 9.10. The monoisotopic (exact) mass is 393 g/mol. The van der Waals surface area contributed by atoms with Crippen molar-refractivity contribution < 1.29 is 14.4 Å². The summed E-state index contributed by atoms with van der Waals surface area (Å²) in [6, 6.07) is 15.6.